The third kappa shape index (κ3) is 13.5. The second-order valence-corrected chi connectivity index (χ2v) is 26.4. The maximum absolute atomic E-state index is 12.6. The van der Waals surface area contributed by atoms with Gasteiger partial charge in [0.2, 0.25) is 0 Å². The number of nitrogens with zero attached hydrogens (tertiary/aromatic N) is 4. The van der Waals surface area contributed by atoms with Crippen molar-refractivity contribution in [2.45, 2.75) is 155 Å². The normalized spacial score (nSPS) is 18.6. The number of esters is 1. The first-order valence-corrected chi connectivity index (χ1v) is 27.4. The van der Waals surface area contributed by atoms with Gasteiger partial charge in [0.05, 0.1) is 63.5 Å². The molecule has 0 spiro atoms. The maximum atomic E-state index is 12.6. The lowest BCUT2D eigenvalue weighted by Gasteiger charge is -2.42. The van der Waals surface area contributed by atoms with Crippen LogP contribution < -0.4 is 9.47 Å². The van der Waals surface area contributed by atoms with Crippen LogP contribution in [0, 0.1) is 16.7 Å². The van der Waals surface area contributed by atoms with Gasteiger partial charge in [-0.3, -0.25) is 4.79 Å². The van der Waals surface area contributed by atoms with E-state index in [1.165, 1.54) is 0 Å². The molecule has 15 heteroatoms. The van der Waals surface area contributed by atoms with Gasteiger partial charge in [0.25, 0.3) is 8.53 Å². The van der Waals surface area contributed by atoms with E-state index in [1.807, 2.05) is 93.7 Å². The predicted octanol–water partition coefficient (Wildman–Crippen LogP) is 11.2. The number of ether oxygens (including phenoxy) is 5. The molecule has 5 atom stereocenters. The number of benzene rings is 3. The molecule has 67 heavy (non-hydrogen) atoms. The van der Waals surface area contributed by atoms with Crippen molar-refractivity contribution in [1.29, 1.82) is 5.26 Å². The SMILES string of the molecule is COc1ccc(C(OC[C@H]2O[C@@H](CCc3cn(COC(=O)C(C)(C)C)cn3)[C@H](O[Si](C)(C)C(C)(C)C)[C@@H]2OP(OCCC#N)N(C(C)C)C(C)C)(c2ccccc2)c2ccc(OC)cc2)cc1. The Balaban J connectivity index is 1.63. The molecule has 1 aromatic heterocycles. The van der Waals surface area contributed by atoms with E-state index in [9.17, 15) is 10.1 Å². The van der Waals surface area contributed by atoms with Gasteiger partial charge in [0.1, 0.15) is 35.4 Å². The van der Waals surface area contributed by atoms with Crippen LogP contribution in [0.3, 0.4) is 0 Å². The minimum atomic E-state index is -2.50. The highest BCUT2D eigenvalue weighted by molar-refractivity contribution is 7.44. The van der Waals surface area contributed by atoms with Gasteiger partial charge in [0, 0.05) is 18.3 Å². The van der Waals surface area contributed by atoms with Crippen LogP contribution in [0.2, 0.25) is 18.1 Å². The minimum absolute atomic E-state index is 0.0643. The summed E-state index contributed by atoms with van der Waals surface area (Å²) in [5, 5.41) is 9.46. The first-order chi connectivity index (χ1) is 31.6. The number of methoxy groups -OCH3 is 2. The summed E-state index contributed by atoms with van der Waals surface area (Å²) in [5.41, 5.74) is 1.79. The van der Waals surface area contributed by atoms with Gasteiger partial charge in [-0.1, -0.05) is 75.4 Å². The van der Waals surface area contributed by atoms with Crippen LogP contribution in [0.15, 0.2) is 91.4 Å². The molecule has 3 aromatic carbocycles. The van der Waals surface area contributed by atoms with Crippen molar-refractivity contribution in [2.75, 3.05) is 27.4 Å². The van der Waals surface area contributed by atoms with E-state index in [0.29, 0.717) is 12.8 Å². The first kappa shape index (κ1) is 53.8. The summed E-state index contributed by atoms with van der Waals surface area (Å²) in [7, 11) is -0.901. The third-order valence-electron chi connectivity index (χ3n) is 12.5. The highest BCUT2D eigenvalue weighted by Crippen LogP contribution is 2.52. The highest BCUT2D eigenvalue weighted by atomic mass is 31.2. The molecule has 0 amide bonds. The van der Waals surface area contributed by atoms with Gasteiger partial charge in [-0.05, 0) is 120 Å². The Labute approximate surface area is 402 Å². The molecule has 0 N–H and O–H groups in total. The quantitative estimate of drug-likeness (QED) is 0.0230. The summed E-state index contributed by atoms with van der Waals surface area (Å²) < 4.78 is 57.1. The second-order valence-electron chi connectivity index (χ2n) is 20.2. The molecule has 0 saturated carbocycles. The Morgan fingerprint density at radius 3 is 1.93 bits per heavy atom. The average Bonchev–Trinajstić information content (AvgIpc) is 3.87. The lowest BCUT2D eigenvalue weighted by Crippen LogP contribution is -2.50. The van der Waals surface area contributed by atoms with Crippen molar-refractivity contribution < 1.29 is 42.0 Å². The fourth-order valence-corrected chi connectivity index (χ4v) is 11.0. The summed E-state index contributed by atoms with van der Waals surface area (Å²) >= 11 is 0. The van der Waals surface area contributed by atoms with E-state index >= 15 is 0 Å². The number of imidazole rings is 1. The molecule has 1 saturated heterocycles. The molecule has 0 radical (unpaired) electrons. The number of hydrogen-bond donors (Lipinski definition) is 0. The summed E-state index contributed by atoms with van der Waals surface area (Å²) in [5.74, 6) is 1.16. The molecule has 4 aromatic rings. The van der Waals surface area contributed by atoms with Gasteiger partial charge >= 0.3 is 5.97 Å². The fourth-order valence-electron chi connectivity index (χ4n) is 7.88. The van der Waals surface area contributed by atoms with Gasteiger partial charge < -0.3 is 41.7 Å². The maximum Gasteiger partial charge on any atom is 0.312 e. The van der Waals surface area contributed by atoms with Crippen LogP contribution in [0.25, 0.3) is 0 Å². The lowest BCUT2D eigenvalue weighted by atomic mass is 9.80. The van der Waals surface area contributed by atoms with E-state index in [1.54, 1.807) is 25.1 Å². The standard InChI is InChI=1S/C52H75N4O9PSi/c1-37(2)56(38(3)4)66(62-32-18-31-53)64-47-46(34-61-52(39-19-16-15-17-20-39,40-21-26-43(58-11)27-22-40)41-23-28-44(59-12)29-24-41)63-45(48(47)65-67(13,14)51(8,9)10)30-25-42-33-55(35-54-42)36-60-49(57)50(5,6)7/h15-17,19-24,26-29,33,35,37-38,45-48H,18,25,30,32,34,36H2,1-14H3/t45-,46+,47+,48-,66?/m0/s1. The molecular weight excluding hydrogens is 884 g/mol. The van der Waals surface area contributed by atoms with E-state index in [-0.39, 0.29) is 49.5 Å². The molecule has 1 aliphatic rings. The number of rotatable bonds is 23. The molecule has 0 aliphatic carbocycles. The van der Waals surface area contributed by atoms with Crippen molar-refractivity contribution in [3.63, 3.8) is 0 Å². The largest absolute Gasteiger partial charge is 0.497 e. The van der Waals surface area contributed by atoms with Crippen molar-refractivity contribution in [1.82, 2.24) is 14.2 Å². The lowest BCUT2D eigenvalue weighted by molar-refractivity contribution is -0.156. The van der Waals surface area contributed by atoms with Crippen LogP contribution in [-0.2, 0) is 51.2 Å². The number of hydrogen-bond acceptors (Lipinski definition) is 12. The molecule has 13 nitrogen and oxygen atoms in total. The molecular formula is C52H75N4O9PSi. The van der Waals surface area contributed by atoms with Crippen molar-refractivity contribution in [3.8, 4) is 17.6 Å². The van der Waals surface area contributed by atoms with Gasteiger partial charge in [-0.25, -0.2) is 9.65 Å². The summed E-state index contributed by atoms with van der Waals surface area (Å²) in [4.78, 5) is 17.3. The number of carbonyl (C=O) groups is 1. The molecule has 0 bridgehead atoms. The van der Waals surface area contributed by atoms with Crippen molar-refractivity contribution in [3.05, 3.63) is 114 Å². The Kier molecular flexibility index (Phi) is 18.8. The highest BCUT2D eigenvalue weighted by Gasteiger charge is 2.53. The van der Waals surface area contributed by atoms with Gasteiger partial charge in [0.15, 0.2) is 15.0 Å². The van der Waals surface area contributed by atoms with Gasteiger partial charge in [-0.2, -0.15) is 5.26 Å². The number of carbonyl (C=O) groups excluding carboxylic acids is 1. The number of aromatic nitrogens is 2. The number of nitriles is 1. The smallest absolute Gasteiger partial charge is 0.312 e. The predicted molar refractivity (Wildman–Crippen MR) is 265 cm³/mol. The summed E-state index contributed by atoms with van der Waals surface area (Å²) in [6, 6.07) is 28.5. The van der Waals surface area contributed by atoms with Crippen LogP contribution >= 0.6 is 8.53 Å². The zero-order chi connectivity index (χ0) is 49.2. The van der Waals surface area contributed by atoms with E-state index in [0.717, 1.165) is 33.9 Å². The van der Waals surface area contributed by atoms with E-state index in [4.69, 9.17) is 42.1 Å². The average molecular weight is 959 g/mol. The third-order valence-corrected chi connectivity index (χ3v) is 19.1. The fraction of sp³-hybridized carbons (Fsp3) is 0.558. The monoisotopic (exact) mass is 959 g/mol. The van der Waals surface area contributed by atoms with Gasteiger partial charge in [-0.15, -0.1) is 0 Å². The van der Waals surface area contributed by atoms with E-state index in [2.05, 4.69) is 84.4 Å². The Hall–Kier alpha value is -4.16. The molecule has 1 aliphatic heterocycles. The van der Waals surface area contributed by atoms with Crippen LogP contribution in [0.5, 0.6) is 11.5 Å². The van der Waals surface area contributed by atoms with Crippen molar-refractivity contribution in [2.24, 2.45) is 5.41 Å². The van der Waals surface area contributed by atoms with Crippen molar-refractivity contribution >= 4 is 22.8 Å². The van der Waals surface area contributed by atoms with Crippen LogP contribution in [0.4, 0.5) is 0 Å². The molecule has 1 unspecified atom stereocenters. The zero-order valence-electron chi connectivity index (χ0n) is 42.3. The second kappa shape index (κ2) is 23.4. The number of aryl methyl sites for hydroxylation is 1. The Morgan fingerprint density at radius 2 is 1.42 bits per heavy atom. The molecule has 5 rings (SSSR count). The summed E-state index contributed by atoms with van der Waals surface area (Å²) in [6.07, 6.45) is 2.68. The van der Waals surface area contributed by atoms with Crippen LogP contribution in [0.1, 0.15) is 104 Å². The van der Waals surface area contributed by atoms with E-state index < -0.39 is 52.3 Å². The first-order valence-electron chi connectivity index (χ1n) is 23.4. The minimum Gasteiger partial charge on any atom is -0.497 e. The summed E-state index contributed by atoms with van der Waals surface area (Å²) in [6.45, 7) is 25.6. The zero-order valence-corrected chi connectivity index (χ0v) is 44.2. The Morgan fingerprint density at radius 1 is 0.851 bits per heavy atom. The molecule has 366 valence electrons. The van der Waals surface area contributed by atoms with Crippen LogP contribution in [-0.4, -0.2) is 92.4 Å². The molecule has 1 fully saturated rings. The topological polar surface area (TPSA) is 136 Å². The Bertz CT molecular complexity index is 2130. The molecule has 2 heterocycles.